The van der Waals surface area contributed by atoms with Crippen LogP contribution in [-0.4, -0.2) is 39.7 Å². The first-order valence-corrected chi connectivity index (χ1v) is 6.91. The van der Waals surface area contributed by atoms with Gasteiger partial charge in [0.05, 0.1) is 28.1 Å². The molecule has 1 aromatic carbocycles. The highest BCUT2D eigenvalue weighted by Crippen LogP contribution is 2.39. The molecule has 4 N–H and O–H groups in total. The third-order valence-corrected chi connectivity index (χ3v) is 4.43. The smallest absolute Gasteiger partial charge is 0.271 e. The van der Waals surface area contributed by atoms with Crippen LogP contribution in [-0.2, 0) is 4.74 Å². The van der Waals surface area contributed by atoms with Crippen molar-refractivity contribution in [2.45, 2.75) is 24.6 Å². The zero-order valence-corrected chi connectivity index (χ0v) is 11.2. The summed E-state index contributed by atoms with van der Waals surface area (Å²) in [5.41, 5.74) is 7.49. The second-order valence-corrected chi connectivity index (χ2v) is 5.58. The summed E-state index contributed by atoms with van der Waals surface area (Å²) in [5.74, 6) is 0.993. The fraction of sp³-hybridized carbons (Fsp3) is 0.462. The molecule has 1 saturated heterocycles. The number of nitro benzene ring substituents is 1. The van der Waals surface area contributed by atoms with Gasteiger partial charge in [-0.15, -0.1) is 0 Å². The van der Waals surface area contributed by atoms with Crippen LogP contribution in [0.2, 0.25) is 0 Å². The molecule has 8 heteroatoms. The van der Waals surface area contributed by atoms with Crippen molar-refractivity contribution in [3.05, 3.63) is 28.3 Å². The lowest BCUT2D eigenvalue weighted by Crippen LogP contribution is -2.65. The molecular formula is C13H15N5O3. The molecule has 2 aromatic rings. The molecule has 0 spiro atoms. The fourth-order valence-electron chi connectivity index (χ4n) is 3.27. The third-order valence-electron chi connectivity index (χ3n) is 4.43. The van der Waals surface area contributed by atoms with Crippen LogP contribution < -0.4 is 11.1 Å². The lowest BCUT2D eigenvalue weighted by Gasteiger charge is -2.45. The number of nitrogens with one attached hydrogen (secondary N) is 2. The number of fused-ring (bicyclic) bond motifs is 2. The van der Waals surface area contributed by atoms with E-state index in [-0.39, 0.29) is 23.9 Å². The van der Waals surface area contributed by atoms with Crippen molar-refractivity contribution in [2.75, 3.05) is 11.9 Å². The number of hydrogen-bond donors (Lipinski definition) is 3. The summed E-state index contributed by atoms with van der Waals surface area (Å²) >= 11 is 0. The highest BCUT2D eigenvalue weighted by molar-refractivity contribution is 5.80. The molecule has 4 atom stereocenters. The maximum absolute atomic E-state index is 10.8. The topological polar surface area (TPSA) is 119 Å². The average Bonchev–Trinajstić information content (AvgIpc) is 3.07. The molecule has 8 nitrogen and oxygen atoms in total. The number of benzene rings is 1. The van der Waals surface area contributed by atoms with E-state index in [0.29, 0.717) is 22.9 Å². The number of nitro groups is 1. The van der Waals surface area contributed by atoms with Gasteiger partial charge in [0.2, 0.25) is 5.95 Å². The summed E-state index contributed by atoms with van der Waals surface area (Å²) in [6.45, 7) is 0.757. The van der Waals surface area contributed by atoms with Gasteiger partial charge in [-0.25, -0.2) is 4.98 Å². The molecule has 2 aliphatic rings. The standard InChI is InChI=1S/C13H15N5O3/c14-10-7-3-4-21-12(7)11(10)17-13-15-8-2-1-6(18(19)20)5-9(8)16-13/h1-2,5,7,10-12H,3-4,14H2,(H2,15,16,17). The minimum atomic E-state index is -0.424. The molecule has 2 fully saturated rings. The number of anilines is 1. The lowest BCUT2D eigenvalue weighted by molar-refractivity contribution is -0.384. The molecule has 0 radical (unpaired) electrons. The number of imidazole rings is 1. The van der Waals surface area contributed by atoms with Gasteiger partial charge in [0.25, 0.3) is 5.69 Å². The molecule has 21 heavy (non-hydrogen) atoms. The molecular weight excluding hydrogens is 274 g/mol. The van der Waals surface area contributed by atoms with Crippen molar-refractivity contribution in [2.24, 2.45) is 11.7 Å². The van der Waals surface area contributed by atoms with E-state index >= 15 is 0 Å². The zero-order chi connectivity index (χ0) is 14.6. The van der Waals surface area contributed by atoms with Crippen molar-refractivity contribution < 1.29 is 9.66 Å². The monoisotopic (exact) mass is 289 g/mol. The predicted molar refractivity (Wildman–Crippen MR) is 76.0 cm³/mol. The predicted octanol–water partition coefficient (Wildman–Crippen LogP) is 0.998. The van der Waals surface area contributed by atoms with Crippen molar-refractivity contribution in [3.63, 3.8) is 0 Å². The molecule has 1 aromatic heterocycles. The van der Waals surface area contributed by atoms with Gasteiger partial charge in [-0.05, 0) is 12.5 Å². The van der Waals surface area contributed by atoms with Gasteiger partial charge in [-0.2, -0.15) is 0 Å². The normalized spacial score (nSPS) is 30.9. The van der Waals surface area contributed by atoms with E-state index in [0.717, 1.165) is 13.0 Å². The van der Waals surface area contributed by atoms with Gasteiger partial charge in [0.1, 0.15) is 0 Å². The molecule has 1 aliphatic heterocycles. The Labute approximate surface area is 119 Å². The van der Waals surface area contributed by atoms with E-state index < -0.39 is 4.92 Å². The molecule has 1 saturated carbocycles. The molecule has 0 amide bonds. The van der Waals surface area contributed by atoms with Crippen LogP contribution in [0.4, 0.5) is 11.6 Å². The number of rotatable bonds is 3. The number of aromatic nitrogens is 2. The van der Waals surface area contributed by atoms with Crippen molar-refractivity contribution in [3.8, 4) is 0 Å². The minimum Gasteiger partial charge on any atom is -0.376 e. The fourth-order valence-corrected chi connectivity index (χ4v) is 3.27. The van der Waals surface area contributed by atoms with Gasteiger partial charge in [-0.3, -0.25) is 10.1 Å². The van der Waals surface area contributed by atoms with Gasteiger partial charge in [0, 0.05) is 30.7 Å². The number of H-pyrrole nitrogens is 1. The van der Waals surface area contributed by atoms with Crippen molar-refractivity contribution in [1.82, 2.24) is 9.97 Å². The van der Waals surface area contributed by atoms with Crippen molar-refractivity contribution in [1.29, 1.82) is 0 Å². The van der Waals surface area contributed by atoms with Crippen LogP contribution in [0.15, 0.2) is 18.2 Å². The highest BCUT2D eigenvalue weighted by atomic mass is 16.6. The molecule has 4 rings (SSSR count). The van der Waals surface area contributed by atoms with E-state index in [1.165, 1.54) is 12.1 Å². The first-order valence-electron chi connectivity index (χ1n) is 6.91. The molecule has 1 aliphatic carbocycles. The first-order chi connectivity index (χ1) is 10.1. The molecule has 0 bridgehead atoms. The zero-order valence-electron chi connectivity index (χ0n) is 11.2. The van der Waals surface area contributed by atoms with Crippen LogP contribution >= 0.6 is 0 Å². The van der Waals surface area contributed by atoms with E-state index in [1.807, 2.05) is 0 Å². The van der Waals surface area contributed by atoms with Crippen LogP contribution in [0.3, 0.4) is 0 Å². The Morgan fingerprint density at radius 2 is 2.38 bits per heavy atom. The second-order valence-electron chi connectivity index (χ2n) is 5.58. The highest BCUT2D eigenvalue weighted by Gasteiger charge is 2.52. The maximum Gasteiger partial charge on any atom is 0.271 e. The van der Waals surface area contributed by atoms with Crippen LogP contribution in [0, 0.1) is 16.0 Å². The maximum atomic E-state index is 10.8. The molecule has 110 valence electrons. The molecule has 4 unspecified atom stereocenters. The number of hydrogen-bond acceptors (Lipinski definition) is 6. The third kappa shape index (κ3) is 1.87. The number of nitrogens with zero attached hydrogens (tertiary/aromatic N) is 2. The van der Waals surface area contributed by atoms with Crippen molar-refractivity contribution >= 4 is 22.7 Å². The number of aromatic amines is 1. The van der Waals surface area contributed by atoms with Gasteiger partial charge in [-0.1, -0.05) is 0 Å². The Bertz CT molecular complexity index is 715. The van der Waals surface area contributed by atoms with Gasteiger partial charge < -0.3 is 20.8 Å². The van der Waals surface area contributed by atoms with Gasteiger partial charge >= 0.3 is 0 Å². The SMILES string of the molecule is NC1C2CCOC2C1Nc1nc2ccc([N+](=O)[O-])cc2[nH]1. The quantitative estimate of drug-likeness (QED) is 0.573. The Morgan fingerprint density at radius 3 is 3.19 bits per heavy atom. The minimum absolute atomic E-state index is 0.0352. The van der Waals surface area contributed by atoms with Crippen LogP contribution in [0.1, 0.15) is 6.42 Å². The summed E-state index contributed by atoms with van der Waals surface area (Å²) in [6.07, 6.45) is 1.15. The van der Waals surface area contributed by atoms with Crippen LogP contribution in [0.25, 0.3) is 11.0 Å². The Kier molecular flexibility index (Phi) is 2.63. The van der Waals surface area contributed by atoms with Crippen LogP contribution in [0.5, 0.6) is 0 Å². The largest absolute Gasteiger partial charge is 0.376 e. The van der Waals surface area contributed by atoms with Gasteiger partial charge in [0.15, 0.2) is 0 Å². The van der Waals surface area contributed by atoms with E-state index in [2.05, 4.69) is 15.3 Å². The first kappa shape index (κ1) is 12.5. The molecule has 2 heterocycles. The van der Waals surface area contributed by atoms with E-state index in [4.69, 9.17) is 10.5 Å². The Morgan fingerprint density at radius 1 is 1.52 bits per heavy atom. The van der Waals surface area contributed by atoms with E-state index in [9.17, 15) is 10.1 Å². The summed E-state index contributed by atoms with van der Waals surface area (Å²) < 4.78 is 5.66. The number of non-ortho nitro benzene ring substituents is 1. The number of nitrogens with two attached hydrogens (primary N) is 1. The Balaban J connectivity index is 1.58. The lowest BCUT2D eigenvalue weighted by atomic mass is 9.72. The summed E-state index contributed by atoms with van der Waals surface area (Å²) in [6, 6.07) is 4.64. The second kappa shape index (κ2) is 4.40. The summed E-state index contributed by atoms with van der Waals surface area (Å²) in [7, 11) is 0. The summed E-state index contributed by atoms with van der Waals surface area (Å²) in [4.78, 5) is 17.8. The Hall–Kier alpha value is -2.19. The average molecular weight is 289 g/mol. The summed E-state index contributed by atoms with van der Waals surface area (Å²) in [5, 5.41) is 14.0. The van der Waals surface area contributed by atoms with E-state index in [1.54, 1.807) is 6.07 Å². The number of ether oxygens (including phenoxy) is 1.